The third kappa shape index (κ3) is 6.70. The maximum Gasteiger partial charge on any atom is 0.338 e. The first kappa shape index (κ1) is 20.4. The first-order valence-electron chi connectivity index (χ1n) is 8.31. The van der Waals surface area contributed by atoms with Gasteiger partial charge in [0.05, 0.1) is 30.9 Å². The van der Waals surface area contributed by atoms with E-state index < -0.39 is 18.5 Å². The van der Waals surface area contributed by atoms with E-state index in [0.717, 1.165) is 0 Å². The van der Waals surface area contributed by atoms with Crippen LogP contribution in [0.5, 0.6) is 5.75 Å². The number of ether oxygens (including phenoxy) is 3. The van der Waals surface area contributed by atoms with Gasteiger partial charge in [0.25, 0.3) is 5.91 Å². The zero-order valence-electron chi connectivity index (χ0n) is 15.0. The van der Waals surface area contributed by atoms with Gasteiger partial charge in [-0.1, -0.05) is 0 Å². The van der Waals surface area contributed by atoms with Crippen molar-refractivity contribution in [2.24, 2.45) is 0 Å². The van der Waals surface area contributed by atoms with E-state index >= 15 is 0 Å². The molecule has 0 atom stereocenters. The van der Waals surface area contributed by atoms with E-state index in [1.54, 1.807) is 36.6 Å². The van der Waals surface area contributed by atoms with E-state index in [1.165, 1.54) is 11.3 Å². The predicted octanol–water partition coefficient (Wildman–Crippen LogP) is 2.44. The van der Waals surface area contributed by atoms with E-state index in [0.29, 0.717) is 35.4 Å². The van der Waals surface area contributed by atoms with Crippen molar-refractivity contribution in [1.82, 2.24) is 4.98 Å². The number of benzene rings is 1. The summed E-state index contributed by atoms with van der Waals surface area (Å²) in [7, 11) is 0. The van der Waals surface area contributed by atoms with Gasteiger partial charge in [-0.2, -0.15) is 0 Å². The first-order valence-corrected chi connectivity index (χ1v) is 9.19. The van der Waals surface area contributed by atoms with E-state index in [1.807, 2.05) is 6.92 Å². The number of esters is 2. The third-order valence-corrected chi connectivity index (χ3v) is 3.97. The van der Waals surface area contributed by atoms with Crippen molar-refractivity contribution in [3.8, 4) is 5.75 Å². The van der Waals surface area contributed by atoms with Crippen LogP contribution in [0.2, 0.25) is 0 Å². The van der Waals surface area contributed by atoms with Gasteiger partial charge in [0.15, 0.2) is 11.7 Å². The van der Waals surface area contributed by atoms with Gasteiger partial charge in [0.1, 0.15) is 5.75 Å². The van der Waals surface area contributed by atoms with Gasteiger partial charge in [-0.15, -0.1) is 11.3 Å². The van der Waals surface area contributed by atoms with E-state index in [-0.39, 0.29) is 12.4 Å². The lowest BCUT2D eigenvalue weighted by Crippen LogP contribution is -2.21. The lowest BCUT2D eigenvalue weighted by Gasteiger charge is -2.06. The zero-order valence-corrected chi connectivity index (χ0v) is 15.8. The Hall–Kier alpha value is -2.94. The fraction of sp³-hybridized carbons (Fsp3) is 0.333. The molecule has 0 spiro atoms. The van der Waals surface area contributed by atoms with Crippen molar-refractivity contribution < 1.29 is 28.6 Å². The summed E-state index contributed by atoms with van der Waals surface area (Å²) >= 11 is 1.17. The molecule has 9 heteroatoms. The molecule has 1 aromatic carbocycles. The lowest BCUT2D eigenvalue weighted by molar-refractivity contribution is -0.142. The SMILES string of the molecule is CCOC(=O)Cc1csc(NC(=O)COC(=O)c2ccc(OCC)cc2)n1. The van der Waals surface area contributed by atoms with Crippen LogP contribution in [0.15, 0.2) is 29.6 Å². The Kier molecular flexibility index (Phi) is 7.75. The number of hydrogen-bond donors (Lipinski definition) is 1. The zero-order chi connectivity index (χ0) is 19.6. The second-order valence-electron chi connectivity index (χ2n) is 5.21. The Morgan fingerprint density at radius 3 is 2.48 bits per heavy atom. The summed E-state index contributed by atoms with van der Waals surface area (Å²) in [5.74, 6) is -0.874. The number of amides is 1. The molecule has 0 fully saturated rings. The molecule has 0 unspecified atom stereocenters. The van der Waals surface area contributed by atoms with Crippen LogP contribution in [0, 0.1) is 0 Å². The van der Waals surface area contributed by atoms with Crippen molar-refractivity contribution in [2.45, 2.75) is 20.3 Å². The second kappa shape index (κ2) is 10.3. The fourth-order valence-corrected chi connectivity index (χ4v) is 2.76. The van der Waals surface area contributed by atoms with Gasteiger partial charge in [0.2, 0.25) is 0 Å². The maximum absolute atomic E-state index is 12.0. The molecular formula is C18H20N2O6S. The summed E-state index contributed by atoms with van der Waals surface area (Å²) in [6.45, 7) is 3.97. The molecule has 1 N–H and O–H groups in total. The monoisotopic (exact) mass is 392 g/mol. The molecule has 0 radical (unpaired) electrons. The van der Waals surface area contributed by atoms with Crippen LogP contribution in [0.25, 0.3) is 0 Å². The van der Waals surface area contributed by atoms with E-state index in [9.17, 15) is 14.4 Å². The summed E-state index contributed by atoms with van der Waals surface area (Å²) in [6, 6.07) is 6.43. The topological polar surface area (TPSA) is 104 Å². The van der Waals surface area contributed by atoms with Crippen molar-refractivity contribution >= 4 is 34.3 Å². The average molecular weight is 392 g/mol. The molecule has 0 aliphatic carbocycles. The highest BCUT2D eigenvalue weighted by Crippen LogP contribution is 2.16. The molecule has 0 bridgehead atoms. The molecule has 144 valence electrons. The van der Waals surface area contributed by atoms with E-state index in [4.69, 9.17) is 14.2 Å². The fourth-order valence-electron chi connectivity index (χ4n) is 2.03. The minimum absolute atomic E-state index is 0.0347. The van der Waals surface area contributed by atoms with Crippen LogP contribution in [-0.4, -0.2) is 42.7 Å². The van der Waals surface area contributed by atoms with Crippen LogP contribution in [0.3, 0.4) is 0 Å². The maximum atomic E-state index is 12.0. The van der Waals surface area contributed by atoms with Gasteiger partial charge in [0, 0.05) is 5.38 Å². The van der Waals surface area contributed by atoms with Crippen molar-refractivity contribution in [3.63, 3.8) is 0 Å². The van der Waals surface area contributed by atoms with Crippen LogP contribution in [0.4, 0.5) is 5.13 Å². The molecule has 0 saturated heterocycles. The van der Waals surface area contributed by atoms with Gasteiger partial charge in [-0.05, 0) is 38.1 Å². The number of rotatable bonds is 9. The Morgan fingerprint density at radius 2 is 1.81 bits per heavy atom. The summed E-state index contributed by atoms with van der Waals surface area (Å²) in [4.78, 5) is 39.4. The predicted molar refractivity (Wildman–Crippen MR) is 99.0 cm³/mol. The van der Waals surface area contributed by atoms with Gasteiger partial charge < -0.3 is 14.2 Å². The minimum Gasteiger partial charge on any atom is -0.494 e. The van der Waals surface area contributed by atoms with Crippen LogP contribution < -0.4 is 10.1 Å². The standard InChI is InChI=1S/C18H20N2O6S/c1-3-24-14-7-5-12(6-8-14)17(23)26-10-15(21)20-18-19-13(11-27-18)9-16(22)25-4-2/h5-8,11H,3-4,9-10H2,1-2H3,(H,19,20,21). The van der Waals surface area contributed by atoms with Gasteiger partial charge in [-0.3, -0.25) is 14.9 Å². The second-order valence-corrected chi connectivity index (χ2v) is 6.07. The smallest absolute Gasteiger partial charge is 0.338 e. The number of aromatic nitrogens is 1. The highest BCUT2D eigenvalue weighted by Gasteiger charge is 2.13. The normalized spacial score (nSPS) is 10.1. The summed E-state index contributed by atoms with van der Waals surface area (Å²) in [5, 5.41) is 4.49. The Labute approximate surface area is 160 Å². The Morgan fingerprint density at radius 1 is 1.07 bits per heavy atom. The number of anilines is 1. The molecule has 2 rings (SSSR count). The van der Waals surface area contributed by atoms with Crippen molar-refractivity contribution in [1.29, 1.82) is 0 Å². The third-order valence-electron chi connectivity index (χ3n) is 3.16. The molecule has 27 heavy (non-hydrogen) atoms. The Balaban J connectivity index is 1.79. The quantitative estimate of drug-likeness (QED) is 0.654. The van der Waals surface area contributed by atoms with Crippen LogP contribution >= 0.6 is 11.3 Å². The van der Waals surface area contributed by atoms with E-state index in [2.05, 4.69) is 10.3 Å². The average Bonchev–Trinajstić information content (AvgIpc) is 3.07. The lowest BCUT2D eigenvalue weighted by atomic mass is 10.2. The number of nitrogens with zero attached hydrogens (tertiary/aromatic N) is 1. The molecule has 0 saturated carbocycles. The molecule has 0 aliphatic heterocycles. The number of hydrogen-bond acceptors (Lipinski definition) is 8. The number of carbonyl (C=O) groups excluding carboxylic acids is 3. The molecule has 0 aliphatic rings. The number of carbonyl (C=O) groups is 3. The highest BCUT2D eigenvalue weighted by molar-refractivity contribution is 7.13. The number of nitrogens with one attached hydrogen (secondary N) is 1. The molecule has 1 aromatic heterocycles. The highest BCUT2D eigenvalue weighted by atomic mass is 32.1. The Bertz CT molecular complexity index is 787. The molecule has 8 nitrogen and oxygen atoms in total. The van der Waals surface area contributed by atoms with Gasteiger partial charge in [-0.25, -0.2) is 9.78 Å². The molecule has 1 amide bonds. The largest absolute Gasteiger partial charge is 0.494 e. The molecule has 1 heterocycles. The molecule has 2 aromatic rings. The van der Waals surface area contributed by atoms with Crippen molar-refractivity contribution in [2.75, 3.05) is 25.1 Å². The summed E-state index contributed by atoms with van der Waals surface area (Å²) in [5.41, 5.74) is 0.817. The van der Waals surface area contributed by atoms with Crippen LogP contribution in [0.1, 0.15) is 29.9 Å². The van der Waals surface area contributed by atoms with Gasteiger partial charge >= 0.3 is 11.9 Å². The first-order chi connectivity index (χ1) is 13.0. The molecular weight excluding hydrogens is 372 g/mol. The van der Waals surface area contributed by atoms with Crippen molar-refractivity contribution in [3.05, 3.63) is 40.9 Å². The summed E-state index contributed by atoms with van der Waals surface area (Å²) < 4.78 is 15.1. The van der Waals surface area contributed by atoms with Crippen LogP contribution in [-0.2, 0) is 25.5 Å². The summed E-state index contributed by atoms with van der Waals surface area (Å²) in [6.07, 6.45) is 0.0347. The number of thiazole rings is 1. The minimum atomic E-state index is -0.615.